The number of aromatic nitrogens is 2. The predicted molar refractivity (Wildman–Crippen MR) is 41.0 cm³/mol. The first-order chi connectivity index (χ1) is 5.52. The van der Waals surface area contributed by atoms with Crippen molar-refractivity contribution in [3.8, 4) is 5.88 Å². The monoisotopic (exact) mass is 169 g/mol. The molecule has 0 atom stereocenters. The fraction of sp³-hybridized carbons (Fsp3) is 0. The van der Waals surface area contributed by atoms with Crippen molar-refractivity contribution in [1.82, 2.24) is 9.97 Å². The van der Waals surface area contributed by atoms with Gasteiger partial charge >= 0.3 is 0 Å². The highest BCUT2D eigenvalue weighted by Gasteiger charge is 2.15. The Labute approximate surface area is 67.2 Å². The normalized spacial score (nSPS) is 9.67. The van der Waals surface area contributed by atoms with Gasteiger partial charge in [0.05, 0.1) is 0 Å². The van der Waals surface area contributed by atoms with Crippen molar-refractivity contribution in [2.75, 3.05) is 11.5 Å². The second kappa shape index (κ2) is 2.53. The molecule has 1 rings (SSSR count). The fourth-order valence-corrected chi connectivity index (χ4v) is 0.720. The smallest absolute Gasteiger partial charge is 0.257 e. The second-order valence-electron chi connectivity index (χ2n) is 2.03. The molecule has 12 heavy (non-hydrogen) atoms. The molecule has 1 heterocycles. The summed E-state index contributed by atoms with van der Waals surface area (Å²) in [6, 6.07) is 0. The Bertz CT molecular complexity index is 314. The molecule has 7 nitrogen and oxygen atoms in total. The molecule has 0 aromatic carbocycles. The number of carbonyl (C=O) groups is 1. The summed E-state index contributed by atoms with van der Waals surface area (Å²) >= 11 is 0. The number of nitrogens with zero attached hydrogens (tertiary/aromatic N) is 2. The van der Waals surface area contributed by atoms with Crippen LogP contribution in [0.15, 0.2) is 0 Å². The molecule has 0 spiro atoms. The van der Waals surface area contributed by atoms with Gasteiger partial charge in [0.15, 0.2) is 0 Å². The van der Waals surface area contributed by atoms with Gasteiger partial charge in [0, 0.05) is 0 Å². The van der Waals surface area contributed by atoms with E-state index in [4.69, 9.17) is 22.3 Å². The number of nitrogen functional groups attached to an aromatic ring is 2. The average molecular weight is 169 g/mol. The number of nitrogens with two attached hydrogens (primary N) is 3. The van der Waals surface area contributed by atoms with E-state index in [2.05, 4.69) is 9.97 Å². The maximum Gasteiger partial charge on any atom is 0.257 e. The number of hydrogen-bond donors (Lipinski definition) is 4. The van der Waals surface area contributed by atoms with Crippen LogP contribution in [0.25, 0.3) is 0 Å². The Kier molecular flexibility index (Phi) is 1.70. The Balaban J connectivity index is 3.38. The van der Waals surface area contributed by atoms with Crippen LogP contribution in [0.2, 0.25) is 0 Å². The van der Waals surface area contributed by atoms with Gasteiger partial charge < -0.3 is 22.3 Å². The summed E-state index contributed by atoms with van der Waals surface area (Å²) in [5.41, 5.74) is 14.9. The Morgan fingerprint density at radius 1 is 1.33 bits per heavy atom. The standard InChI is InChI=1S/C5H7N5O2/c6-2-1(3(7)11)4(12)10-5(8)9-2/h(H2,7,11)(H5,6,8,9,10,12). The number of rotatable bonds is 1. The molecule has 0 bridgehead atoms. The van der Waals surface area contributed by atoms with E-state index >= 15 is 0 Å². The van der Waals surface area contributed by atoms with Crippen molar-refractivity contribution in [3.63, 3.8) is 0 Å². The largest absolute Gasteiger partial charge is 0.493 e. The highest BCUT2D eigenvalue weighted by Crippen LogP contribution is 2.18. The Hall–Kier alpha value is -2.05. The minimum atomic E-state index is -0.898. The summed E-state index contributed by atoms with van der Waals surface area (Å²) < 4.78 is 0. The van der Waals surface area contributed by atoms with Crippen LogP contribution in [-0.2, 0) is 0 Å². The highest BCUT2D eigenvalue weighted by molar-refractivity contribution is 5.99. The van der Waals surface area contributed by atoms with Gasteiger partial charge in [-0.3, -0.25) is 4.79 Å². The molecule has 7 N–H and O–H groups in total. The molecule has 1 aromatic heterocycles. The second-order valence-corrected chi connectivity index (χ2v) is 2.03. The lowest BCUT2D eigenvalue weighted by molar-refractivity contribution is 0.0998. The lowest BCUT2D eigenvalue weighted by Gasteiger charge is -2.02. The van der Waals surface area contributed by atoms with E-state index in [1.807, 2.05) is 0 Å². The van der Waals surface area contributed by atoms with Crippen LogP contribution in [0.4, 0.5) is 11.8 Å². The molecule has 0 saturated carbocycles. The fourth-order valence-electron chi connectivity index (χ4n) is 0.720. The van der Waals surface area contributed by atoms with Crippen molar-refractivity contribution < 1.29 is 9.90 Å². The van der Waals surface area contributed by atoms with Crippen LogP contribution >= 0.6 is 0 Å². The maximum absolute atomic E-state index is 10.6. The van der Waals surface area contributed by atoms with Crippen LogP contribution in [0, 0.1) is 0 Å². The van der Waals surface area contributed by atoms with Gasteiger partial charge in [0.25, 0.3) is 5.91 Å². The Morgan fingerprint density at radius 3 is 2.33 bits per heavy atom. The summed E-state index contributed by atoms with van der Waals surface area (Å²) in [6.45, 7) is 0. The van der Waals surface area contributed by atoms with Crippen LogP contribution in [0.3, 0.4) is 0 Å². The van der Waals surface area contributed by atoms with E-state index in [0.717, 1.165) is 0 Å². The molecule has 7 heteroatoms. The maximum atomic E-state index is 10.6. The first-order valence-corrected chi connectivity index (χ1v) is 2.94. The predicted octanol–water partition coefficient (Wildman–Crippen LogP) is -1.55. The van der Waals surface area contributed by atoms with Gasteiger partial charge in [0.2, 0.25) is 11.8 Å². The van der Waals surface area contributed by atoms with E-state index in [9.17, 15) is 4.79 Å². The third-order valence-electron chi connectivity index (χ3n) is 1.18. The minimum Gasteiger partial charge on any atom is -0.493 e. The molecule has 1 aromatic rings. The first-order valence-electron chi connectivity index (χ1n) is 2.94. The molecular weight excluding hydrogens is 162 g/mol. The molecule has 0 radical (unpaired) electrons. The third kappa shape index (κ3) is 1.19. The van der Waals surface area contributed by atoms with Gasteiger partial charge in [-0.2, -0.15) is 9.97 Å². The van der Waals surface area contributed by atoms with Gasteiger partial charge in [-0.15, -0.1) is 0 Å². The number of primary amides is 1. The van der Waals surface area contributed by atoms with Crippen LogP contribution in [-0.4, -0.2) is 21.0 Å². The third-order valence-corrected chi connectivity index (χ3v) is 1.18. The van der Waals surface area contributed by atoms with E-state index in [-0.39, 0.29) is 17.3 Å². The summed E-state index contributed by atoms with van der Waals surface area (Å²) in [5.74, 6) is -1.94. The lowest BCUT2D eigenvalue weighted by Crippen LogP contribution is -2.16. The molecule has 1 amide bonds. The number of hydrogen-bond acceptors (Lipinski definition) is 6. The summed E-state index contributed by atoms with van der Waals surface area (Å²) in [4.78, 5) is 17.4. The van der Waals surface area contributed by atoms with Crippen molar-refractivity contribution in [3.05, 3.63) is 5.56 Å². The Morgan fingerprint density at radius 2 is 1.92 bits per heavy atom. The SMILES string of the molecule is NC(=O)c1c(N)nc(N)nc1O. The summed E-state index contributed by atoms with van der Waals surface area (Å²) in [5, 5.41) is 9.03. The zero-order chi connectivity index (χ0) is 9.30. The van der Waals surface area contributed by atoms with Crippen LogP contribution in [0.5, 0.6) is 5.88 Å². The zero-order valence-electron chi connectivity index (χ0n) is 5.98. The van der Waals surface area contributed by atoms with Gasteiger partial charge in [-0.05, 0) is 0 Å². The molecular formula is C5H7N5O2. The van der Waals surface area contributed by atoms with Crippen molar-refractivity contribution >= 4 is 17.7 Å². The van der Waals surface area contributed by atoms with Crippen LogP contribution in [0.1, 0.15) is 10.4 Å². The number of aromatic hydroxyl groups is 1. The number of anilines is 2. The van der Waals surface area contributed by atoms with E-state index in [1.165, 1.54) is 0 Å². The van der Waals surface area contributed by atoms with Crippen molar-refractivity contribution in [2.45, 2.75) is 0 Å². The van der Waals surface area contributed by atoms with Crippen molar-refractivity contribution in [1.29, 1.82) is 0 Å². The average Bonchev–Trinajstić information content (AvgIpc) is 1.82. The molecule has 0 aliphatic rings. The summed E-state index contributed by atoms with van der Waals surface area (Å²) in [6.07, 6.45) is 0. The van der Waals surface area contributed by atoms with Gasteiger partial charge in [-0.1, -0.05) is 0 Å². The van der Waals surface area contributed by atoms with Crippen LogP contribution < -0.4 is 17.2 Å². The van der Waals surface area contributed by atoms with E-state index in [0.29, 0.717) is 0 Å². The number of amides is 1. The molecule has 0 unspecified atom stereocenters. The highest BCUT2D eigenvalue weighted by atomic mass is 16.3. The van der Waals surface area contributed by atoms with Gasteiger partial charge in [0.1, 0.15) is 11.4 Å². The topological polar surface area (TPSA) is 141 Å². The first kappa shape index (κ1) is 8.05. The summed E-state index contributed by atoms with van der Waals surface area (Å²) in [7, 11) is 0. The lowest BCUT2D eigenvalue weighted by atomic mass is 10.3. The molecule has 64 valence electrons. The molecule has 0 aliphatic carbocycles. The minimum absolute atomic E-state index is 0.213. The molecule has 0 fully saturated rings. The van der Waals surface area contributed by atoms with E-state index < -0.39 is 11.8 Å². The zero-order valence-corrected chi connectivity index (χ0v) is 5.98. The number of carbonyl (C=O) groups excluding carboxylic acids is 1. The van der Waals surface area contributed by atoms with E-state index in [1.54, 1.807) is 0 Å². The quantitative estimate of drug-likeness (QED) is 0.400. The molecule has 0 saturated heterocycles. The molecule has 0 aliphatic heterocycles. The van der Waals surface area contributed by atoms with Gasteiger partial charge in [-0.25, -0.2) is 0 Å². The van der Waals surface area contributed by atoms with Crippen molar-refractivity contribution in [2.24, 2.45) is 5.73 Å².